The predicted octanol–water partition coefficient (Wildman–Crippen LogP) is 2.66. The van der Waals surface area contributed by atoms with Gasteiger partial charge in [-0.25, -0.2) is 0 Å². The van der Waals surface area contributed by atoms with E-state index in [1.54, 1.807) is 0 Å². The number of rotatable bonds is 3. The standard InChI is InChI=1S/C16H26N4/c1-13(2)15-6-7-16(18-17-15)20-11-8-14(12-20)19-9-4-3-5-10-19/h6-7,13-14H,3-5,8-12H2,1-2H3. The number of nitrogens with zero attached hydrogens (tertiary/aromatic N) is 4. The van der Waals surface area contributed by atoms with Crippen LogP contribution in [-0.4, -0.2) is 47.3 Å². The maximum Gasteiger partial charge on any atom is 0.151 e. The number of piperidine rings is 1. The number of hydrogen-bond donors (Lipinski definition) is 0. The number of likely N-dealkylation sites (tertiary alicyclic amines) is 1. The highest BCUT2D eigenvalue weighted by Crippen LogP contribution is 2.24. The van der Waals surface area contributed by atoms with Crippen molar-refractivity contribution < 1.29 is 0 Å². The van der Waals surface area contributed by atoms with Gasteiger partial charge in [-0.05, 0) is 50.4 Å². The Morgan fingerprint density at radius 3 is 2.50 bits per heavy atom. The Kier molecular flexibility index (Phi) is 4.20. The lowest BCUT2D eigenvalue weighted by molar-refractivity contribution is 0.174. The van der Waals surface area contributed by atoms with E-state index in [0.717, 1.165) is 30.6 Å². The zero-order valence-electron chi connectivity index (χ0n) is 12.8. The summed E-state index contributed by atoms with van der Waals surface area (Å²) >= 11 is 0. The molecule has 0 radical (unpaired) electrons. The molecule has 0 aliphatic carbocycles. The fraction of sp³-hybridized carbons (Fsp3) is 0.750. The quantitative estimate of drug-likeness (QED) is 0.848. The van der Waals surface area contributed by atoms with Gasteiger partial charge in [0.1, 0.15) is 0 Å². The summed E-state index contributed by atoms with van der Waals surface area (Å²) in [6.07, 6.45) is 5.43. The third-order valence-corrected chi connectivity index (χ3v) is 4.66. The lowest BCUT2D eigenvalue weighted by Gasteiger charge is -2.32. The minimum absolute atomic E-state index is 0.455. The van der Waals surface area contributed by atoms with Crippen LogP contribution in [0.4, 0.5) is 5.82 Å². The van der Waals surface area contributed by atoms with Crippen molar-refractivity contribution in [2.24, 2.45) is 0 Å². The second-order valence-electron chi connectivity index (χ2n) is 6.46. The van der Waals surface area contributed by atoms with Crippen molar-refractivity contribution >= 4 is 5.82 Å². The zero-order chi connectivity index (χ0) is 13.9. The van der Waals surface area contributed by atoms with E-state index in [-0.39, 0.29) is 0 Å². The molecule has 1 atom stereocenters. The van der Waals surface area contributed by atoms with Gasteiger partial charge in [-0.15, -0.1) is 5.10 Å². The highest BCUT2D eigenvalue weighted by Gasteiger charge is 2.29. The van der Waals surface area contributed by atoms with E-state index < -0.39 is 0 Å². The molecule has 2 fully saturated rings. The van der Waals surface area contributed by atoms with Gasteiger partial charge < -0.3 is 4.90 Å². The topological polar surface area (TPSA) is 32.3 Å². The first kappa shape index (κ1) is 13.8. The van der Waals surface area contributed by atoms with Crippen LogP contribution in [0.25, 0.3) is 0 Å². The predicted molar refractivity (Wildman–Crippen MR) is 82.2 cm³/mol. The van der Waals surface area contributed by atoms with E-state index in [4.69, 9.17) is 0 Å². The van der Waals surface area contributed by atoms with Crippen LogP contribution in [0.15, 0.2) is 12.1 Å². The summed E-state index contributed by atoms with van der Waals surface area (Å²) in [5, 5.41) is 8.77. The summed E-state index contributed by atoms with van der Waals surface area (Å²) < 4.78 is 0. The molecule has 4 heteroatoms. The first-order chi connectivity index (χ1) is 9.74. The molecule has 4 nitrogen and oxygen atoms in total. The molecule has 1 aromatic rings. The van der Waals surface area contributed by atoms with Gasteiger partial charge in [-0.3, -0.25) is 4.90 Å². The van der Waals surface area contributed by atoms with Crippen molar-refractivity contribution in [1.29, 1.82) is 0 Å². The highest BCUT2D eigenvalue weighted by atomic mass is 15.3. The van der Waals surface area contributed by atoms with Gasteiger partial charge in [-0.1, -0.05) is 20.3 Å². The minimum atomic E-state index is 0.455. The molecule has 20 heavy (non-hydrogen) atoms. The van der Waals surface area contributed by atoms with Gasteiger partial charge in [-0.2, -0.15) is 5.10 Å². The molecule has 0 aromatic carbocycles. The smallest absolute Gasteiger partial charge is 0.151 e. The molecule has 0 bridgehead atoms. The lowest BCUT2D eigenvalue weighted by Crippen LogP contribution is -2.41. The maximum atomic E-state index is 4.42. The van der Waals surface area contributed by atoms with Crippen LogP contribution in [0.2, 0.25) is 0 Å². The molecular formula is C16H26N4. The van der Waals surface area contributed by atoms with Crippen molar-refractivity contribution in [2.45, 2.75) is 51.5 Å². The van der Waals surface area contributed by atoms with E-state index in [2.05, 4.69) is 46.0 Å². The number of hydrogen-bond acceptors (Lipinski definition) is 4. The normalized spacial score (nSPS) is 24.6. The maximum absolute atomic E-state index is 4.42. The van der Waals surface area contributed by atoms with Crippen LogP contribution < -0.4 is 4.90 Å². The first-order valence-corrected chi connectivity index (χ1v) is 8.06. The van der Waals surface area contributed by atoms with Crippen molar-refractivity contribution in [3.8, 4) is 0 Å². The Morgan fingerprint density at radius 1 is 1.05 bits per heavy atom. The Labute approximate surface area is 122 Å². The Bertz CT molecular complexity index is 423. The van der Waals surface area contributed by atoms with Crippen LogP contribution in [0.3, 0.4) is 0 Å². The molecule has 110 valence electrons. The third kappa shape index (κ3) is 2.95. The minimum Gasteiger partial charge on any atom is -0.354 e. The molecule has 3 heterocycles. The van der Waals surface area contributed by atoms with Crippen LogP contribution >= 0.6 is 0 Å². The van der Waals surface area contributed by atoms with Crippen molar-refractivity contribution in [3.63, 3.8) is 0 Å². The molecule has 2 saturated heterocycles. The Hall–Kier alpha value is -1.16. The van der Waals surface area contributed by atoms with Gasteiger partial charge >= 0.3 is 0 Å². The van der Waals surface area contributed by atoms with E-state index in [0.29, 0.717) is 5.92 Å². The number of aromatic nitrogens is 2. The van der Waals surface area contributed by atoms with Gasteiger partial charge in [0.15, 0.2) is 5.82 Å². The summed E-state index contributed by atoms with van der Waals surface area (Å²) in [6, 6.07) is 4.99. The summed E-state index contributed by atoms with van der Waals surface area (Å²) in [5.41, 5.74) is 1.08. The first-order valence-electron chi connectivity index (χ1n) is 8.06. The lowest BCUT2D eigenvalue weighted by atomic mass is 10.1. The molecule has 3 rings (SSSR count). The van der Waals surface area contributed by atoms with Crippen molar-refractivity contribution in [2.75, 3.05) is 31.1 Å². The van der Waals surface area contributed by atoms with E-state index in [1.165, 1.54) is 38.8 Å². The average Bonchev–Trinajstić information content (AvgIpc) is 2.98. The van der Waals surface area contributed by atoms with Crippen LogP contribution in [0.1, 0.15) is 51.1 Å². The van der Waals surface area contributed by atoms with Gasteiger partial charge in [0, 0.05) is 19.1 Å². The third-order valence-electron chi connectivity index (χ3n) is 4.66. The molecule has 1 aromatic heterocycles. The SMILES string of the molecule is CC(C)c1ccc(N2CCC(N3CCCCC3)C2)nn1. The molecule has 0 saturated carbocycles. The van der Waals surface area contributed by atoms with Crippen LogP contribution in [0, 0.1) is 0 Å². The molecule has 2 aliphatic heterocycles. The summed E-state index contributed by atoms with van der Waals surface area (Å²) in [5.74, 6) is 1.50. The van der Waals surface area contributed by atoms with Crippen molar-refractivity contribution in [3.05, 3.63) is 17.8 Å². The van der Waals surface area contributed by atoms with Crippen LogP contribution in [0.5, 0.6) is 0 Å². The largest absolute Gasteiger partial charge is 0.354 e. The molecule has 0 N–H and O–H groups in total. The number of anilines is 1. The molecule has 0 spiro atoms. The van der Waals surface area contributed by atoms with E-state index in [9.17, 15) is 0 Å². The molecule has 1 unspecified atom stereocenters. The molecule has 2 aliphatic rings. The fourth-order valence-electron chi connectivity index (χ4n) is 3.34. The van der Waals surface area contributed by atoms with E-state index >= 15 is 0 Å². The van der Waals surface area contributed by atoms with Gasteiger partial charge in [0.05, 0.1) is 5.69 Å². The monoisotopic (exact) mass is 274 g/mol. The Balaban J connectivity index is 1.61. The fourth-order valence-corrected chi connectivity index (χ4v) is 3.34. The van der Waals surface area contributed by atoms with Gasteiger partial charge in [0.2, 0.25) is 0 Å². The summed E-state index contributed by atoms with van der Waals surface area (Å²) in [6.45, 7) is 9.14. The second-order valence-corrected chi connectivity index (χ2v) is 6.46. The highest BCUT2D eigenvalue weighted by molar-refractivity contribution is 5.39. The van der Waals surface area contributed by atoms with Gasteiger partial charge in [0.25, 0.3) is 0 Å². The molecule has 0 amide bonds. The second kappa shape index (κ2) is 6.08. The van der Waals surface area contributed by atoms with E-state index in [1.807, 2.05) is 0 Å². The molecular weight excluding hydrogens is 248 g/mol. The summed E-state index contributed by atoms with van der Waals surface area (Å²) in [4.78, 5) is 5.08. The van der Waals surface area contributed by atoms with Crippen molar-refractivity contribution in [1.82, 2.24) is 15.1 Å². The zero-order valence-corrected chi connectivity index (χ0v) is 12.8. The van der Waals surface area contributed by atoms with Crippen LogP contribution in [-0.2, 0) is 0 Å². The summed E-state index contributed by atoms with van der Waals surface area (Å²) in [7, 11) is 0. The Morgan fingerprint density at radius 2 is 1.85 bits per heavy atom. The average molecular weight is 274 g/mol.